The van der Waals surface area contributed by atoms with Crippen LogP contribution in [-0.2, 0) is 0 Å². The van der Waals surface area contributed by atoms with Gasteiger partial charge in [0.15, 0.2) is 6.29 Å². The fraction of sp³-hybridized carbons (Fsp3) is 0.182. The first kappa shape index (κ1) is 9.74. The number of carbonyl (C=O) groups excluding carboxylic acids is 1. The Morgan fingerprint density at radius 3 is 2.86 bits per heavy atom. The molecule has 0 bridgehead atoms. The number of thiophene rings is 1. The molecule has 72 valence electrons. The molecule has 0 atom stereocenters. The van der Waals surface area contributed by atoms with Crippen LogP contribution < -0.4 is 0 Å². The molecule has 3 heteroatoms. The van der Waals surface area contributed by atoms with E-state index in [0.29, 0.717) is 0 Å². The summed E-state index contributed by atoms with van der Waals surface area (Å²) in [7, 11) is 0. The lowest BCUT2D eigenvalue weighted by molar-refractivity contribution is 0.112. The van der Waals surface area contributed by atoms with Crippen molar-refractivity contribution in [2.45, 2.75) is 11.8 Å². The van der Waals surface area contributed by atoms with Gasteiger partial charge < -0.3 is 0 Å². The van der Waals surface area contributed by atoms with Crippen molar-refractivity contribution in [2.75, 3.05) is 6.26 Å². The maximum atomic E-state index is 10.7. The Hall–Kier alpha value is -0.800. The molecule has 2 rings (SSSR count). The Bertz CT molecular complexity index is 485. The van der Waals surface area contributed by atoms with E-state index in [9.17, 15) is 4.79 Å². The van der Waals surface area contributed by atoms with Crippen LogP contribution in [0.25, 0.3) is 10.1 Å². The normalized spacial score (nSPS) is 10.7. The molecule has 0 fully saturated rings. The molecule has 1 aromatic carbocycles. The predicted octanol–water partition coefficient (Wildman–Crippen LogP) is 3.74. The first-order valence-corrected chi connectivity index (χ1v) is 6.32. The summed E-state index contributed by atoms with van der Waals surface area (Å²) in [5, 5.41) is 1.21. The van der Waals surface area contributed by atoms with Crippen molar-refractivity contribution in [3.63, 3.8) is 0 Å². The van der Waals surface area contributed by atoms with Crippen molar-refractivity contribution in [1.82, 2.24) is 0 Å². The summed E-state index contributed by atoms with van der Waals surface area (Å²) in [6.45, 7) is 2.08. The summed E-state index contributed by atoms with van der Waals surface area (Å²) in [5.41, 5.74) is 1.25. The molecule has 0 spiro atoms. The van der Waals surface area contributed by atoms with Crippen LogP contribution in [0.3, 0.4) is 0 Å². The molecule has 14 heavy (non-hydrogen) atoms. The van der Waals surface area contributed by atoms with E-state index in [1.165, 1.54) is 20.5 Å². The molecule has 0 amide bonds. The molecule has 1 heterocycles. The minimum absolute atomic E-state index is 0.810. The van der Waals surface area contributed by atoms with Crippen molar-refractivity contribution in [1.29, 1.82) is 0 Å². The number of aldehydes is 1. The van der Waals surface area contributed by atoms with Crippen molar-refractivity contribution in [3.8, 4) is 0 Å². The number of hydrogen-bond donors (Lipinski definition) is 0. The van der Waals surface area contributed by atoms with Crippen LogP contribution in [0.1, 0.15) is 15.2 Å². The first-order chi connectivity index (χ1) is 6.76. The smallest absolute Gasteiger partial charge is 0.160 e. The third kappa shape index (κ3) is 1.47. The van der Waals surface area contributed by atoms with Crippen LogP contribution in [0.2, 0.25) is 0 Å². The second-order valence-electron chi connectivity index (χ2n) is 3.09. The molecule has 1 nitrogen and oxygen atoms in total. The number of thioether (sulfide) groups is 1. The highest BCUT2D eigenvalue weighted by molar-refractivity contribution is 7.98. The van der Waals surface area contributed by atoms with Crippen molar-refractivity contribution < 1.29 is 4.79 Å². The molecule has 0 aliphatic carbocycles. The lowest BCUT2D eigenvalue weighted by atomic mass is 10.2. The summed E-state index contributed by atoms with van der Waals surface area (Å²) < 4.78 is 1.24. The van der Waals surface area contributed by atoms with Crippen LogP contribution >= 0.6 is 23.1 Å². The van der Waals surface area contributed by atoms with Crippen LogP contribution in [0.15, 0.2) is 23.1 Å². The fourth-order valence-electron chi connectivity index (χ4n) is 1.49. The van der Waals surface area contributed by atoms with Crippen LogP contribution in [0.4, 0.5) is 0 Å². The molecule has 0 aliphatic heterocycles. The van der Waals surface area contributed by atoms with Crippen molar-refractivity contribution in [2.24, 2.45) is 0 Å². The van der Waals surface area contributed by atoms with Gasteiger partial charge in [0.25, 0.3) is 0 Å². The van der Waals surface area contributed by atoms with Gasteiger partial charge in [-0.1, -0.05) is 6.07 Å². The highest BCUT2D eigenvalue weighted by atomic mass is 32.2. The van der Waals surface area contributed by atoms with Crippen LogP contribution in [0.5, 0.6) is 0 Å². The van der Waals surface area contributed by atoms with Gasteiger partial charge >= 0.3 is 0 Å². The maximum Gasteiger partial charge on any atom is 0.160 e. The largest absolute Gasteiger partial charge is 0.297 e. The lowest BCUT2D eigenvalue weighted by Crippen LogP contribution is -1.75. The van der Waals surface area contributed by atoms with E-state index in [1.807, 2.05) is 6.07 Å². The Kier molecular flexibility index (Phi) is 2.61. The van der Waals surface area contributed by atoms with Crippen LogP contribution in [-0.4, -0.2) is 12.5 Å². The monoisotopic (exact) mass is 222 g/mol. The van der Waals surface area contributed by atoms with Gasteiger partial charge in [0.1, 0.15) is 0 Å². The topological polar surface area (TPSA) is 17.1 Å². The Labute approximate surface area is 91.1 Å². The zero-order valence-corrected chi connectivity index (χ0v) is 9.67. The Balaban J connectivity index is 2.81. The molecule has 0 unspecified atom stereocenters. The second kappa shape index (κ2) is 3.75. The van der Waals surface area contributed by atoms with E-state index >= 15 is 0 Å². The van der Waals surface area contributed by atoms with Crippen LogP contribution in [0, 0.1) is 6.92 Å². The highest BCUT2D eigenvalue weighted by Gasteiger charge is 2.07. The summed E-state index contributed by atoms with van der Waals surface area (Å²) in [6.07, 6.45) is 2.98. The zero-order chi connectivity index (χ0) is 10.1. The number of benzene rings is 1. The minimum Gasteiger partial charge on any atom is -0.297 e. The third-order valence-electron chi connectivity index (χ3n) is 2.20. The standard InChI is InChI=1S/C11H10OS2/c1-7-3-4-10(13-2)9-5-8(6-12)14-11(7)9/h3-6H,1-2H3. The zero-order valence-electron chi connectivity index (χ0n) is 8.03. The van der Waals surface area contributed by atoms with E-state index in [4.69, 9.17) is 0 Å². The summed E-state index contributed by atoms with van der Waals surface area (Å²) in [5.74, 6) is 0. The average molecular weight is 222 g/mol. The number of carbonyl (C=O) groups is 1. The van der Waals surface area contributed by atoms with E-state index < -0.39 is 0 Å². The molecule has 0 radical (unpaired) electrons. The molecule has 0 saturated carbocycles. The van der Waals surface area contributed by atoms with Crippen molar-refractivity contribution >= 4 is 39.5 Å². The van der Waals surface area contributed by atoms with E-state index in [0.717, 1.165) is 11.2 Å². The number of fused-ring (bicyclic) bond motifs is 1. The molecule has 1 aromatic heterocycles. The van der Waals surface area contributed by atoms with Gasteiger partial charge in [-0.3, -0.25) is 4.79 Å². The molecule has 0 aliphatic rings. The Morgan fingerprint density at radius 2 is 2.21 bits per heavy atom. The quantitative estimate of drug-likeness (QED) is 0.568. The average Bonchev–Trinajstić information content (AvgIpc) is 2.63. The molecular weight excluding hydrogens is 212 g/mol. The minimum atomic E-state index is 0.810. The Morgan fingerprint density at radius 1 is 1.43 bits per heavy atom. The summed E-state index contributed by atoms with van der Waals surface area (Å²) in [6, 6.07) is 6.20. The van der Waals surface area contributed by atoms with E-state index in [-0.39, 0.29) is 0 Å². The summed E-state index contributed by atoms with van der Waals surface area (Å²) >= 11 is 3.29. The molecular formula is C11H10OS2. The number of rotatable bonds is 2. The molecule has 0 saturated heterocycles. The first-order valence-electron chi connectivity index (χ1n) is 4.28. The van der Waals surface area contributed by atoms with Gasteiger partial charge in [-0.15, -0.1) is 23.1 Å². The summed E-state index contributed by atoms with van der Waals surface area (Å²) in [4.78, 5) is 12.7. The molecule has 2 aromatic rings. The maximum absolute atomic E-state index is 10.7. The van der Waals surface area contributed by atoms with Crippen molar-refractivity contribution in [3.05, 3.63) is 28.6 Å². The fourth-order valence-corrected chi connectivity index (χ4v) is 3.11. The predicted molar refractivity (Wildman–Crippen MR) is 63.7 cm³/mol. The van der Waals surface area contributed by atoms with Gasteiger partial charge in [-0.2, -0.15) is 0 Å². The van der Waals surface area contributed by atoms with E-state index in [2.05, 4.69) is 25.3 Å². The van der Waals surface area contributed by atoms with Gasteiger partial charge in [0, 0.05) is 15.0 Å². The second-order valence-corrected chi connectivity index (χ2v) is 5.03. The third-order valence-corrected chi connectivity index (χ3v) is 4.19. The number of hydrogen-bond acceptors (Lipinski definition) is 3. The SMILES string of the molecule is CSc1ccc(C)c2sc(C=O)cc12. The number of aryl methyl sites for hydroxylation is 1. The highest BCUT2D eigenvalue weighted by Crippen LogP contribution is 2.34. The lowest BCUT2D eigenvalue weighted by Gasteiger charge is -2.00. The van der Waals surface area contributed by atoms with E-state index in [1.54, 1.807) is 23.1 Å². The molecule has 0 N–H and O–H groups in total. The van der Waals surface area contributed by atoms with Gasteiger partial charge in [0.2, 0.25) is 0 Å². The van der Waals surface area contributed by atoms with Gasteiger partial charge in [0.05, 0.1) is 4.88 Å². The van der Waals surface area contributed by atoms with Gasteiger partial charge in [-0.05, 0) is 30.9 Å². The van der Waals surface area contributed by atoms with Gasteiger partial charge in [-0.25, -0.2) is 0 Å².